The van der Waals surface area contributed by atoms with Crippen LogP contribution in [-0.2, 0) is 10.0 Å². The molecule has 0 bridgehead atoms. The first-order valence-corrected chi connectivity index (χ1v) is 11.1. The van der Waals surface area contributed by atoms with Crippen LogP contribution in [0.5, 0.6) is 17.2 Å². The lowest BCUT2D eigenvalue weighted by Gasteiger charge is -2.14. The number of carbonyl (C=O) groups is 1. The maximum Gasteiger partial charge on any atom is 0.261 e. The van der Waals surface area contributed by atoms with Crippen molar-refractivity contribution in [2.24, 2.45) is 0 Å². The number of hydrogen-bond donors (Lipinski definition) is 2. The Kier molecular flexibility index (Phi) is 7.12. The predicted molar refractivity (Wildman–Crippen MR) is 123 cm³/mol. The Bertz CT molecular complexity index is 1230. The number of nitrogens with one attached hydrogen (secondary N) is 2. The van der Waals surface area contributed by atoms with Gasteiger partial charge in [-0.2, -0.15) is 0 Å². The summed E-state index contributed by atoms with van der Waals surface area (Å²) in [5, 5.41) is 3.17. The highest BCUT2D eigenvalue weighted by molar-refractivity contribution is 7.92. The van der Waals surface area contributed by atoms with Gasteiger partial charge in [-0.1, -0.05) is 11.6 Å². The van der Waals surface area contributed by atoms with Crippen LogP contribution < -0.4 is 24.2 Å². The molecule has 0 spiro atoms. The van der Waals surface area contributed by atoms with Crippen LogP contribution in [0.4, 0.5) is 11.4 Å². The number of carbonyl (C=O) groups excluding carboxylic acids is 1. The van der Waals surface area contributed by atoms with E-state index in [-0.39, 0.29) is 16.3 Å². The molecule has 32 heavy (non-hydrogen) atoms. The lowest BCUT2D eigenvalue weighted by Crippen LogP contribution is -2.16. The zero-order valence-electron chi connectivity index (χ0n) is 17.5. The normalized spacial score (nSPS) is 10.9. The van der Waals surface area contributed by atoms with Gasteiger partial charge in [0.15, 0.2) is 11.5 Å². The van der Waals surface area contributed by atoms with Crippen molar-refractivity contribution >= 4 is 38.9 Å². The highest BCUT2D eigenvalue weighted by Crippen LogP contribution is 2.32. The largest absolute Gasteiger partial charge is 0.495 e. The predicted octanol–water partition coefficient (Wildman–Crippen LogP) is 4.42. The first-order valence-electron chi connectivity index (χ1n) is 9.27. The third-order valence-electron chi connectivity index (χ3n) is 4.47. The van der Waals surface area contributed by atoms with E-state index < -0.39 is 15.9 Å². The summed E-state index contributed by atoms with van der Waals surface area (Å²) in [4.78, 5) is 12.5. The van der Waals surface area contributed by atoms with Gasteiger partial charge in [-0.15, -0.1) is 0 Å². The monoisotopic (exact) mass is 476 g/mol. The number of ether oxygens (including phenoxy) is 3. The summed E-state index contributed by atoms with van der Waals surface area (Å²) in [5.41, 5.74) is 0.834. The van der Waals surface area contributed by atoms with E-state index in [4.69, 9.17) is 25.8 Å². The zero-order chi connectivity index (χ0) is 23.3. The molecule has 3 rings (SSSR count). The van der Waals surface area contributed by atoms with Crippen LogP contribution in [0.1, 0.15) is 10.4 Å². The molecule has 0 fully saturated rings. The van der Waals surface area contributed by atoms with Crippen LogP contribution in [0.25, 0.3) is 0 Å². The fourth-order valence-electron chi connectivity index (χ4n) is 2.86. The van der Waals surface area contributed by atoms with Crippen molar-refractivity contribution in [3.05, 3.63) is 71.2 Å². The van der Waals surface area contributed by atoms with Crippen molar-refractivity contribution in [2.75, 3.05) is 31.4 Å². The standard InChI is InChI=1S/C22H21ClN2O6S/c1-29-19-11-9-17(13-18(19)24-22(26)14-4-6-15(23)7-5-14)32(27,28)25-16-8-10-20(30-2)21(12-16)31-3/h4-13,25H,1-3H3,(H,24,26). The molecule has 0 saturated carbocycles. The third-order valence-corrected chi connectivity index (χ3v) is 6.10. The topological polar surface area (TPSA) is 103 Å². The molecular weight excluding hydrogens is 456 g/mol. The first-order chi connectivity index (χ1) is 15.3. The summed E-state index contributed by atoms with van der Waals surface area (Å²) < 4.78 is 44.0. The van der Waals surface area contributed by atoms with E-state index in [2.05, 4.69) is 10.0 Å². The summed E-state index contributed by atoms with van der Waals surface area (Å²) in [6.45, 7) is 0. The van der Waals surface area contributed by atoms with Crippen LogP contribution in [-0.4, -0.2) is 35.7 Å². The molecule has 0 heterocycles. The summed E-state index contributed by atoms with van der Waals surface area (Å²) in [6, 6.07) is 15.1. The van der Waals surface area contributed by atoms with Gasteiger partial charge in [0, 0.05) is 16.7 Å². The minimum absolute atomic E-state index is 0.0699. The van der Waals surface area contributed by atoms with Gasteiger partial charge in [-0.3, -0.25) is 9.52 Å². The van der Waals surface area contributed by atoms with E-state index in [1.807, 2.05) is 0 Å². The van der Waals surface area contributed by atoms with Gasteiger partial charge >= 0.3 is 0 Å². The van der Waals surface area contributed by atoms with Crippen molar-refractivity contribution < 1.29 is 27.4 Å². The molecule has 0 saturated heterocycles. The Morgan fingerprint density at radius 1 is 0.812 bits per heavy atom. The number of hydrogen-bond acceptors (Lipinski definition) is 6. The van der Waals surface area contributed by atoms with Gasteiger partial charge in [0.1, 0.15) is 5.75 Å². The fraction of sp³-hybridized carbons (Fsp3) is 0.136. The molecule has 3 aromatic carbocycles. The van der Waals surface area contributed by atoms with Crippen molar-refractivity contribution in [3.63, 3.8) is 0 Å². The summed E-state index contributed by atoms with van der Waals surface area (Å²) >= 11 is 5.86. The van der Waals surface area contributed by atoms with Crippen molar-refractivity contribution in [3.8, 4) is 17.2 Å². The Hall–Kier alpha value is -3.43. The van der Waals surface area contributed by atoms with Crippen LogP contribution in [0.15, 0.2) is 65.6 Å². The number of amides is 1. The number of methoxy groups -OCH3 is 3. The van der Waals surface area contributed by atoms with Gasteiger partial charge in [-0.05, 0) is 54.6 Å². The summed E-state index contributed by atoms with van der Waals surface area (Å²) in [5.74, 6) is 0.699. The average molecular weight is 477 g/mol. The van der Waals surface area contributed by atoms with Crippen molar-refractivity contribution in [1.29, 1.82) is 0 Å². The highest BCUT2D eigenvalue weighted by Gasteiger charge is 2.19. The van der Waals surface area contributed by atoms with Crippen molar-refractivity contribution in [2.45, 2.75) is 4.90 Å². The molecule has 0 aromatic heterocycles. The van der Waals surface area contributed by atoms with Gasteiger partial charge in [-0.25, -0.2) is 8.42 Å². The second-order valence-electron chi connectivity index (χ2n) is 6.50. The van der Waals surface area contributed by atoms with Gasteiger partial charge < -0.3 is 19.5 Å². The molecule has 3 aromatic rings. The quantitative estimate of drug-likeness (QED) is 0.499. The fourth-order valence-corrected chi connectivity index (χ4v) is 4.06. The van der Waals surface area contributed by atoms with Crippen molar-refractivity contribution in [1.82, 2.24) is 0 Å². The highest BCUT2D eigenvalue weighted by atomic mass is 35.5. The second-order valence-corrected chi connectivity index (χ2v) is 8.62. The molecule has 0 aliphatic heterocycles. The van der Waals surface area contributed by atoms with Gasteiger partial charge in [0.2, 0.25) is 0 Å². The first kappa shape index (κ1) is 23.2. The van der Waals surface area contributed by atoms with Gasteiger partial charge in [0.25, 0.3) is 15.9 Å². The van der Waals surface area contributed by atoms with Crippen LogP contribution in [0.2, 0.25) is 5.02 Å². The summed E-state index contributed by atoms with van der Waals surface area (Å²) in [6.07, 6.45) is 0. The lowest BCUT2D eigenvalue weighted by molar-refractivity contribution is 0.102. The Labute approximate surface area is 191 Å². The van der Waals surface area contributed by atoms with Gasteiger partial charge in [0.05, 0.1) is 37.6 Å². The number of sulfonamides is 1. The molecule has 0 unspecified atom stereocenters. The average Bonchev–Trinajstić information content (AvgIpc) is 2.79. The van der Waals surface area contributed by atoms with Crippen LogP contribution in [0, 0.1) is 0 Å². The molecule has 0 radical (unpaired) electrons. The van der Waals surface area contributed by atoms with E-state index in [0.29, 0.717) is 27.8 Å². The van der Waals surface area contributed by atoms with E-state index >= 15 is 0 Å². The third kappa shape index (κ3) is 5.24. The molecule has 1 amide bonds. The Balaban J connectivity index is 1.89. The molecular formula is C22H21ClN2O6S. The molecule has 0 atom stereocenters. The SMILES string of the molecule is COc1ccc(S(=O)(=O)Nc2ccc(OC)c(OC)c2)cc1NC(=O)c1ccc(Cl)cc1. The second kappa shape index (κ2) is 9.80. The molecule has 0 aliphatic rings. The molecule has 2 N–H and O–H groups in total. The number of rotatable bonds is 8. The molecule has 168 valence electrons. The van der Waals surface area contributed by atoms with E-state index in [1.54, 1.807) is 36.4 Å². The smallest absolute Gasteiger partial charge is 0.261 e. The maximum absolute atomic E-state index is 12.9. The molecule has 10 heteroatoms. The molecule has 8 nitrogen and oxygen atoms in total. The Morgan fingerprint density at radius 3 is 2.06 bits per heavy atom. The van der Waals surface area contributed by atoms with Crippen LogP contribution >= 0.6 is 11.6 Å². The Morgan fingerprint density at radius 2 is 1.44 bits per heavy atom. The van der Waals surface area contributed by atoms with E-state index in [9.17, 15) is 13.2 Å². The minimum Gasteiger partial charge on any atom is -0.495 e. The molecule has 0 aliphatic carbocycles. The number of benzene rings is 3. The minimum atomic E-state index is -3.98. The maximum atomic E-state index is 12.9. The number of halogens is 1. The van der Waals surface area contributed by atoms with E-state index in [1.165, 1.54) is 45.6 Å². The van der Waals surface area contributed by atoms with E-state index in [0.717, 1.165) is 0 Å². The number of anilines is 2. The van der Waals surface area contributed by atoms with Crippen LogP contribution in [0.3, 0.4) is 0 Å². The zero-order valence-corrected chi connectivity index (χ0v) is 19.1. The summed E-state index contributed by atoms with van der Waals surface area (Å²) in [7, 11) is 0.377. The lowest BCUT2D eigenvalue weighted by atomic mass is 10.2.